The number of carbonyl (C=O) groups excluding carboxylic acids is 2. The summed E-state index contributed by atoms with van der Waals surface area (Å²) in [6.07, 6.45) is 3.50. The maximum Gasteiger partial charge on any atom is 0.269 e. The largest absolute Gasteiger partial charge is 0.368 e. The second kappa shape index (κ2) is 9.16. The number of amides is 2. The number of piperazine rings is 1. The lowest BCUT2D eigenvalue weighted by atomic mass is 10.1. The van der Waals surface area contributed by atoms with Crippen LogP contribution in [0, 0.1) is 0 Å². The maximum absolute atomic E-state index is 12.4. The Bertz CT molecular complexity index is 771. The summed E-state index contributed by atoms with van der Waals surface area (Å²) in [5, 5.41) is 2.95. The van der Waals surface area contributed by atoms with Crippen molar-refractivity contribution in [2.75, 3.05) is 37.6 Å². The molecule has 2 heterocycles. The van der Waals surface area contributed by atoms with Crippen molar-refractivity contribution in [1.82, 2.24) is 15.2 Å². The third-order valence-electron chi connectivity index (χ3n) is 4.84. The lowest BCUT2D eigenvalue weighted by molar-refractivity contribution is -0.129. The van der Waals surface area contributed by atoms with Gasteiger partial charge in [-0.2, -0.15) is 0 Å². The van der Waals surface area contributed by atoms with E-state index < -0.39 is 0 Å². The van der Waals surface area contributed by atoms with Crippen LogP contribution < -0.4 is 10.2 Å². The number of nitrogens with zero attached hydrogens (tertiary/aromatic N) is 3. The Morgan fingerprint density at radius 1 is 1.07 bits per heavy atom. The molecule has 0 bridgehead atoms. The molecule has 1 aromatic carbocycles. The number of benzene rings is 1. The highest BCUT2D eigenvalue weighted by atomic mass is 16.2. The van der Waals surface area contributed by atoms with Crippen LogP contribution in [-0.4, -0.2) is 54.4 Å². The first-order chi connectivity index (χ1) is 13.1. The number of pyridine rings is 1. The van der Waals surface area contributed by atoms with Crippen molar-refractivity contribution in [3.63, 3.8) is 0 Å². The van der Waals surface area contributed by atoms with Crippen molar-refractivity contribution in [3.8, 4) is 0 Å². The zero-order valence-electron chi connectivity index (χ0n) is 15.7. The van der Waals surface area contributed by atoms with Crippen molar-refractivity contribution in [3.05, 3.63) is 59.9 Å². The molecule has 2 amide bonds. The van der Waals surface area contributed by atoms with Gasteiger partial charge < -0.3 is 15.1 Å². The number of rotatable bonds is 6. The van der Waals surface area contributed by atoms with E-state index in [0.29, 0.717) is 25.3 Å². The highest BCUT2D eigenvalue weighted by molar-refractivity contribution is 5.93. The van der Waals surface area contributed by atoms with E-state index in [1.54, 1.807) is 13.1 Å². The van der Waals surface area contributed by atoms with E-state index in [0.717, 1.165) is 31.6 Å². The van der Waals surface area contributed by atoms with E-state index in [9.17, 15) is 9.59 Å². The third kappa shape index (κ3) is 5.29. The second-order valence-corrected chi connectivity index (χ2v) is 6.74. The molecule has 27 heavy (non-hydrogen) atoms. The molecule has 1 fully saturated rings. The molecule has 6 heteroatoms. The molecule has 0 radical (unpaired) electrons. The third-order valence-corrected chi connectivity index (χ3v) is 4.84. The zero-order chi connectivity index (χ0) is 19.1. The Morgan fingerprint density at radius 2 is 1.81 bits per heavy atom. The molecule has 1 aliphatic heterocycles. The van der Waals surface area contributed by atoms with Crippen LogP contribution in [-0.2, 0) is 11.2 Å². The van der Waals surface area contributed by atoms with Gasteiger partial charge in [0.25, 0.3) is 5.91 Å². The van der Waals surface area contributed by atoms with Gasteiger partial charge in [0.1, 0.15) is 5.69 Å². The van der Waals surface area contributed by atoms with Crippen molar-refractivity contribution in [1.29, 1.82) is 0 Å². The molecule has 142 valence electrons. The summed E-state index contributed by atoms with van der Waals surface area (Å²) in [6.45, 7) is 5.17. The van der Waals surface area contributed by atoms with E-state index in [2.05, 4.69) is 27.3 Å². The average Bonchev–Trinajstić information content (AvgIpc) is 2.72. The summed E-state index contributed by atoms with van der Waals surface area (Å²) < 4.78 is 0. The fraction of sp³-hybridized carbons (Fsp3) is 0.381. The summed E-state index contributed by atoms with van der Waals surface area (Å²) in [5.74, 6) is -0.0350. The summed E-state index contributed by atoms with van der Waals surface area (Å²) in [6, 6.07) is 14.0. The smallest absolute Gasteiger partial charge is 0.269 e. The van der Waals surface area contributed by atoms with Gasteiger partial charge in [-0.1, -0.05) is 30.3 Å². The second-order valence-electron chi connectivity index (χ2n) is 6.74. The fourth-order valence-electron chi connectivity index (χ4n) is 3.25. The zero-order valence-corrected chi connectivity index (χ0v) is 15.7. The molecule has 0 saturated carbocycles. The van der Waals surface area contributed by atoms with Crippen LogP contribution in [0.1, 0.15) is 29.4 Å². The Labute approximate surface area is 160 Å². The standard InChI is InChI=1S/C21H26N4O2/c1-17(26)24-12-14-25(15-13-24)19-9-11-22-20(16-19)21(27)23-10-5-8-18-6-3-2-4-7-18/h2-4,6-7,9,11,16H,5,8,10,12-15H2,1H3,(H,23,27). The molecule has 6 nitrogen and oxygen atoms in total. The van der Waals surface area contributed by atoms with Gasteiger partial charge in [0.05, 0.1) is 0 Å². The van der Waals surface area contributed by atoms with Crippen LogP contribution in [0.2, 0.25) is 0 Å². The lowest BCUT2D eigenvalue weighted by Crippen LogP contribution is -2.48. The van der Waals surface area contributed by atoms with E-state index in [4.69, 9.17) is 0 Å². The normalized spacial score (nSPS) is 14.1. The van der Waals surface area contributed by atoms with Gasteiger partial charge >= 0.3 is 0 Å². The molecular weight excluding hydrogens is 340 g/mol. The van der Waals surface area contributed by atoms with Gasteiger partial charge in [-0.15, -0.1) is 0 Å². The van der Waals surface area contributed by atoms with Crippen LogP contribution in [0.5, 0.6) is 0 Å². The molecule has 3 rings (SSSR count). The van der Waals surface area contributed by atoms with Crippen LogP contribution in [0.25, 0.3) is 0 Å². The Morgan fingerprint density at radius 3 is 2.52 bits per heavy atom. The number of nitrogens with one attached hydrogen (secondary N) is 1. The highest BCUT2D eigenvalue weighted by Gasteiger charge is 2.19. The topological polar surface area (TPSA) is 65.5 Å². The summed E-state index contributed by atoms with van der Waals surface area (Å²) in [4.78, 5) is 32.1. The molecule has 1 saturated heterocycles. The molecule has 0 unspecified atom stereocenters. The highest BCUT2D eigenvalue weighted by Crippen LogP contribution is 2.17. The first kappa shape index (κ1) is 18.9. The first-order valence-electron chi connectivity index (χ1n) is 9.42. The van der Waals surface area contributed by atoms with E-state index in [1.807, 2.05) is 35.2 Å². The molecule has 1 N–H and O–H groups in total. The minimum absolute atomic E-state index is 0.111. The maximum atomic E-state index is 12.4. The summed E-state index contributed by atoms with van der Waals surface area (Å²) in [5.41, 5.74) is 2.68. The number of hydrogen-bond acceptors (Lipinski definition) is 4. The van der Waals surface area contributed by atoms with Gasteiger partial charge in [0.2, 0.25) is 5.91 Å². The molecule has 0 spiro atoms. The lowest BCUT2D eigenvalue weighted by Gasteiger charge is -2.35. The number of anilines is 1. The summed E-state index contributed by atoms with van der Waals surface area (Å²) >= 11 is 0. The molecule has 0 atom stereocenters. The molecule has 1 aromatic heterocycles. The Balaban J connectivity index is 1.49. The van der Waals surface area contributed by atoms with Gasteiger partial charge in [-0.3, -0.25) is 14.6 Å². The SMILES string of the molecule is CC(=O)N1CCN(c2ccnc(C(=O)NCCCc3ccccc3)c2)CC1. The monoisotopic (exact) mass is 366 g/mol. The quantitative estimate of drug-likeness (QED) is 0.796. The Hall–Kier alpha value is -2.89. The van der Waals surface area contributed by atoms with Crippen LogP contribution in [0.15, 0.2) is 48.7 Å². The van der Waals surface area contributed by atoms with Gasteiger partial charge in [-0.05, 0) is 30.5 Å². The summed E-state index contributed by atoms with van der Waals surface area (Å²) in [7, 11) is 0. The first-order valence-corrected chi connectivity index (χ1v) is 9.42. The average molecular weight is 366 g/mol. The molecular formula is C21H26N4O2. The van der Waals surface area contributed by atoms with Crippen molar-refractivity contribution in [2.45, 2.75) is 19.8 Å². The molecule has 0 aliphatic carbocycles. The number of aromatic nitrogens is 1. The van der Waals surface area contributed by atoms with E-state index >= 15 is 0 Å². The van der Waals surface area contributed by atoms with Crippen molar-refractivity contribution in [2.24, 2.45) is 0 Å². The molecule has 2 aromatic rings. The number of carbonyl (C=O) groups is 2. The Kier molecular flexibility index (Phi) is 6.41. The van der Waals surface area contributed by atoms with Crippen LogP contribution >= 0.6 is 0 Å². The van der Waals surface area contributed by atoms with Crippen LogP contribution in [0.3, 0.4) is 0 Å². The van der Waals surface area contributed by atoms with Crippen molar-refractivity contribution < 1.29 is 9.59 Å². The van der Waals surface area contributed by atoms with E-state index in [1.165, 1.54) is 5.56 Å². The minimum atomic E-state index is -0.146. The van der Waals surface area contributed by atoms with Gasteiger partial charge in [0, 0.05) is 51.5 Å². The van der Waals surface area contributed by atoms with Crippen molar-refractivity contribution >= 4 is 17.5 Å². The van der Waals surface area contributed by atoms with Crippen LogP contribution in [0.4, 0.5) is 5.69 Å². The number of hydrogen-bond donors (Lipinski definition) is 1. The minimum Gasteiger partial charge on any atom is -0.368 e. The fourth-order valence-corrected chi connectivity index (χ4v) is 3.25. The number of aryl methyl sites for hydroxylation is 1. The molecule has 1 aliphatic rings. The predicted octanol–water partition coefficient (Wildman–Crippen LogP) is 2.11. The van der Waals surface area contributed by atoms with E-state index in [-0.39, 0.29) is 11.8 Å². The predicted molar refractivity (Wildman–Crippen MR) is 106 cm³/mol. The van der Waals surface area contributed by atoms with Gasteiger partial charge in [-0.25, -0.2) is 0 Å². The van der Waals surface area contributed by atoms with Gasteiger partial charge in [0.15, 0.2) is 0 Å².